The van der Waals surface area contributed by atoms with E-state index in [2.05, 4.69) is 10.6 Å². The molecule has 0 unspecified atom stereocenters. The Morgan fingerprint density at radius 1 is 0.947 bits per heavy atom. The average molecular weight is 271 g/mol. The minimum Gasteiger partial charge on any atom is -0.350 e. The number of carbonyl (C=O) groups excluding carboxylic acids is 2. The first-order valence-electron chi connectivity index (χ1n) is 6.76. The third-order valence-corrected chi connectivity index (χ3v) is 2.70. The van der Waals surface area contributed by atoms with E-state index >= 15 is 0 Å². The molecule has 0 aliphatic carbocycles. The van der Waals surface area contributed by atoms with Crippen LogP contribution in [0, 0.1) is 0 Å². The zero-order valence-corrected chi connectivity index (χ0v) is 13.4. The van der Waals surface area contributed by atoms with Crippen molar-refractivity contribution in [2.75, 3.05) is 20.1 Å². The molecule has 0 aromatic heterocycles. The Morgan fingerprint density at radius 3 is 1.74 bits per heavy atom. The maximum Gasteiger partial charge on any atom is 0.234 e. The molecule has 5 nitrogen and oxygen atoms in total. The van der Waals surface area contributed by atoms with E-state index in [-0.39, 0.29) is 36.0 Å². The highest BCUT2D eigenvalue weighted by molar-refractivity contribution is 5.81. The van der Waals surface area contributed by atoms with Crippen LogP contribution in [0.1, 0.15) is 48.0 Å². The van der Waals surface area contributed by atoms with Crippen molar-refractivity contribution in [1.82, 2.24) is 15.5 Å². The first kappa shape index (κ1) is 17.9. The molecule has 0 aliphatic heterocycles. The van der Waals surface area contributed by atoms with Crippen LogP contribution in [0.4, 0.5) is 0 Å². The van der Waals surface area contributed by atoms with Gasteiger partial charge in [-0.2, -0.15) is 0 Å². The monoisotopic (exact) mass is 271 g/mol. The van der Waals surface area contributed by atoms with E-state index in [4.69, 9.17) is 0 Å². The third-order valence-electron chi connectivity index (χ3n) is 2.70. The van der Waals surface area contributed by atoms with Gasteiger partial charge in [0, 0.05) is 11.1 Å². The maximum absolute atomic E-state index is 11.8. The smallest absolute Gasteiger partial charge is 0.234 e. The topological polar surface area (TPSA) is 61.4 Å². The normalized spacial score (nSPS) is 12.4. The molecule has 0 saturated heterocycles. The summed E-state index contributed by atoms with van der Waals surface area (Å²) < 4.78 is 0. The number of nitrogens with zero attached hydrogens (tertiary/aromatic N) is 1. The van der Waals surface area contributed by atoms with Crippen LogP contribution in [-0.2, 0) is 9.59 Å². The van der Waals surface area contributed by atoms with E-state index in [0.29, 0.717) is 0 Å². The lowest BCUT2D eigenvalue weighted by atomic mass is 10.0. The van der Waals surface area contributed by atoms with Crippen LogP contribution in [0.3, 0.4) is 0 Å². The van der Waals surface area contributed by atoms with E-state index in [9.17, 15) is 9.59 Å². The van der Waals surface area contributed by atoms with Crippen molar-refractivity contribution in [3.8, 4) is 0 Å². The lowest BCUT2D eigenvalue weighted by Crippen LogP contribution is -2.49. The molecule has 112 valence electrons. The Labute approximate surface area is 117 Å². The van der Waals surface area contributed by atoms with Gasteiger partial charge in [-0.15, -0.1) is 0 Å². The molecule has 0 radical (unpaired) electrons. The van der Waals surface area contributed by atoms with Crippen molar-refractivity contribution >= 4 is 11.8 Å². The van der Waals surface area contributed by atoms with Gasteiger partial charge in [-0.05, 0) is 48.1 Å². The summed E-state index contributed by atoms with van der Waals surface area (Å²) in [5.41, 5.74) is -0.448. The molecule has 0 fully saturated rings. The standard InChI is InChI=1S/C14H29N3O2/c1-8-14(5,6)16-12(19)10-17(7)9-11(18)15-13(2,3)4/h8-10H2,1-7H3,(H,15,18)(H,16,19). The minimum absolute atomic E-state index is 0.0575. The summed E-state index contributed by atoms with van der Waals surface area (Å²) >= 11 is 0. The van der Waals surface area contributed by atoms with Crippen LogP contribution in [0.5, 0.6) is 0 Å². The molecule has 2 amide bonds. The van der Waals surface area contributed by atoms with E-state index < -0.39 is 0 Å². The van der Waals surface area contributed by atoms with Crippen LogP contribution in [0.25, 0.3) is 0 Å². The number of rotatable bonds is 6. The largest absolute Gasteiger partial charge is 0.350 e. The fraction of sp³-hybridized carbons (Fsp3) is 0.857. The summed E-state index contributed by atoms with van der Waals surface area (Å²) in [6, 6.07) is 0. The molecule has 0 atom stereocenters. The lowest BCUT2D eigenvalue weighted by molar-refractivity contribution is -0.126. The minimum atomic E-state index is -0.246. The van der Waals surface area contributed by atoms with E-state index in [1.165, 1.54) is 0 Å². The van der Waals surface area contributed by atoms with Gasteiger partial charge in [0.05, 0.1) is 13.1 Å². The fourth-order valence-corrected chi connectivity index (χ4v) is 1.51. The van der Waals surface area contributed by atoms with Crippen LogP contribution in [-0.4, -0.2) is 47.9 Å². The molecule has 0 aromatic carbocycles. The highest BCUT2D eigenvalue weighted by atomic mass is 16.2. The second kappa shape index (κ2) is 6.89. The van der Waals surface area contributed by atoms with Crippen LogP contribution < -0.4 is 10.6 Å². The molecule has 0 aromatic rings. The Balaban J connectivity index is 4.14. The molecule has 0 bridgehead atoms. The summed E-state index contributed by atoms with van der Waals surface area (Å²) in [5.74, 6) is -0.129. The van der Waals surface area contributed by atoms with Gasteiger partial charge in [-0.3, -0.25) is 14.5 Å². The number of carbonyl (C=O) groups is 2. The number of hydrogen-bond donors (Lipinski definition) is 2. The predicted octanol–water partition coefficient (Wildman–Crippen LogP) is 1.14. The second-order valence-electron chi connectivity index (χ2n) is 6.76. The van der Waals surface area contributed by atoms with Crippen LogP contribution >= 0.6 is 0 Å². The molecule has 0 aliphatic rings. The van der Waals surface area contributed by atoms with Crippen molar-refractivity contribution < 1.29 is 9.59 Å². The first-order valence-corrected chi connectivity index (χ1v) is 6.76. The van der Waals surface area contributed by atoms with Gasteiger partial charge in [-0.25, -0.2) is 0 Å². The lowest BCUT2D eigenvalue weighted by Gasteiger charge is -2.26. The number of likely N-dealkylation sites (N-methyl/N-ethyl adjacent to an activating group) is 1. The summed E-state index contributed by atoms with van der Waals surface area (Å²) in [7, 11) is 1.76. The van der Waals surface area contributed by atoms with Crippen molar-refractivity contribution in [2.24, 2.45) is 0 Å². The van der Waals surface area contributed by atoms with E-state index in [1.54, 1.807) is 11.9 Å². The van der Waals surface area contributed by atoms with Crippen molar-refractivity contribution in [3.63, 3.8) is 0 Å². The summed E-state index contributed by atoms with van der Waals surface area (Å²) in [4.78, 5) is 25.2. The maximum atomic E-state index is 11.8. The summed E-state index contributed by atoms with van der Waals surface area (Å²) in [5, 5.41) is 5.82. The predicted molar refractivity (Wildman–Crippen MR) is 77.9 cm³/mol. The third kappa shape index (κ3) is 9.47. The van der Waals surface area contributed by atoms with Gasteiger partial charge in [0.2, 0.25) is 11.8 Å². The van der Waals surface area contributed by atoms with E-state index in [0.717, 1.165) is 6.42 Å². The molecule has 19 heavy (non-hydrogen) atoms. The van der Waals surface area contributed by atoms with Crippen molar-refractivity contribution in [3.05, 3.63) is 0 Å². The molecule has 0 heterocycles. The Hall–Kier alpha value is -1.10. The van der Waals surface area contributed by atoms with Gasteiger partial charge in [0.15, 0.2) is 0 Å². The molecule has 0 spiro atoms. The van der Waals surface area contributed by atoms with Crippen LogP contribution in [0.15, 0.2) is 0 Å². The average Bonchev–Trinajstić information content (AvgIpc) is 2.12. The quantitative estimate of drug-likeness (QED) is 0.761. The van der Waals surface area contributed by atoms with Crippen LogP contribution in [0.2, 0.25) is 0 Å². The molecule has 5 heteroatoms. The molecular formula is C14H29N3O2. The first-order chi connectivity index (χ1) is 8.45. The molecule has 0 saturated carbocycles. The highest BCUT2D eigenvalue weighted by Gasteiger charge is 2.20. The summed E-state index contributed by atoms with van der Waals surface area (Å²) in [6.07, 6.45) is 0.868. The molecule has 0 rings (SSSR count). The summed E-state index contributed by atoms with van der Waals surface area (Å²) in [6.45, 7) is 12.2. The van der Waals surface area contributed by atoms with Gasteiger partial charge >= 0.3 is 0 Å². The highest BCUT2D eigenvalue weighted by Crippen LogP contribution is 2.06. The van der Waals surface area contributed by atoms with Gasteiger partial charge in [0.1, 0.15) is 0 Å². The van der Waals surface area contributed by atoms with Gasteiger partial charge in [0.25, 0.3) is 0 Å². The SMILES string of the molecule is CCC(C)(C)NC(=O)CN(C)CC(=O)NC(C)(C)C. The Bertz CT molecular complexity index is 319. The van der Waals surface area contributed by atoms with Gasteiger partial charge < -0.3 is 10.6 Å². The number of amides is 2. The van der Waals surface area contributed by atoms with E-state index in [1.807, 2.05) is 41.5 Å². The zero-order valence-electron chi connectivity index (χ0n) is 13.4. The van der Waals surface area contributed by atoms with Gasteiger partial charge in [-0.1, -0.05) is 6.92 Å². The number of hydrogen-bond acceptors (Lipinski definition) is 3. The van der Waals surface area contributed by atoms with Crippen molar-refractivity contribution in [2.45, 2.75) is 59.0 Å². The van der Waals surface area contributed by atoms with Crippen molar-refractivity contribution in [1.29, 1.82) is 0 Å². The molecule has 2 N–H and O–H groups in total. The Kier molecular flexibility index (Phi) is 6.49. The Morgan fingerprint density at radius 2 is 1.37 bits per heavy atom. The molecular weight excluding hydrogens is 242 g/mol. The fourth-order valence-electron chi connectivity index (χ4n) is 1.51. The zero-order chi connectivity index (χ0) is 15.3. The second-order valence-corrected chi connectivity index (χ2v) is 6.76. The number of nitrogens with one attached hydrogen (secondary N) is 2.